The summed E-state index contributed by atoms with van der Waals surface area (Å²) in [4.78, 5) is 24.7. The van der Waals surface area contributed by atoms with Crippen molar-refractivity contribution in [3.8, 4) is 0 Å². The number of carbonyl (C=O) groups is 2. The Bertz CT molecular complexity index is 541. The van der Waals surface area contributed by atoms with Gasteiger partial charge in [-0.2, -0.15) is 0 Å². The number of carbonyl (C=O) groups excluding carboxylic acids is 2. The molecule has 0 aromatic rings. The molecule has 158 valence electrons. The lowest BCUT2D eigenvalue weighted by molar-refractivity contribution is -0.132. The van der Waals surface area contributed by atoms with Crippen LogP contribution in [0.2, 0.25) is 0 Å². The van der Waals surface area contributed by atoms with Gasteiger partial charge in [-0.3, -0.25) is 9.59 Å². The smallest absolute Gasteiger partial charge is 0.223 e. The molecule has 7 nitrogen and oxygen atoms in total. The lowest BCUT2D eigenvalue weighted by atomic mass is 9.89. The van der Waals surface area contributed by atoms with Gasteiger partial charge in [0.2, 0.25) is 11.8 Å². The van der Waals surface area contributed by atoms with Crippen LogP contribution in [0.5, 0.6) is 0 Å². The SMILES string of the molecule is O=C(C[C@@H]1C=C[C@@H](NC(=O)C2CCOCC2)[C@H](CO)O1)NCC1CCCCC1. The Labute approximate surface area is 167 Å². The molecule has 2 heterocycles. The number of rotatable bonds is 7. The lowest BCUT2D eigenvalue weighted by Crippen LogP contribution is -2.51. The molecule has 3 aliphatic rings. The van der Waals surface area contributed by atoms with Crippen LogP contribution in [0.3, 0.4) is 0 Å². The van der Waals surface area contributed by atoms with Crippen molar-refractivity contribution in [3.05, 3.63) is 12.2 Å². The molecule has 0 spiro atoms. The molecule has 1 saturated carbocycles. The van der Waals surface area contributed by atoms with E-state index in [1.54, 1.807) is 0 Å². The van der Waals surface area contributed by atoms with Crippen LogP contribution in [-0.4, -0.2) is 61.5 Å². The monoisotopic (exact) mass is 394 g/mol. The standard InChI is InChI=1S/C21H34N2O5/c24-14-19-18(23-21(26)16-8-10-27-11-9-16)7-6-17(28-19)12-20(25)22-13-15-4-2-1-3-5-15/h6-7,15-19,24H,1-5,8-14H2,(H,22,25)(H,23,26)/t17-,18+,19-/m0/s1. The normalized spacial score (nSPS) is 29.4. The quantitative estimate of drug-likeness (QED) is 0.566. The van der Waals surface area contributed by atoms with Gasteiger partial charge in [0.15, 0.2) is 0 Å². The molecule has 3 atom stereocenters. The minimum absolute atomic E-state index is 0.0244. The van der Waals surface area contributed by atoms with Crippen LogP contribution in [0.1, 0.15) is 51.4 Å². The second-order valence-electron chi connectivity index (χ2n) is 8.21. The van der Waals surface area contributed by atoms with Gasteiger partial charge in [0.05, 0.1) is 25.2 Å². The van der Waals surface area contributed by atoms with Gasteiger partial charge < -0.3 is 25.2 Å². The average Bonchev–Trinajstić information content (AvgIpc) is 2.74. The molecule has 2 aliphatic heterocycles. The molecule has 2 fully saturated rings. The number of hydrogen-bond acceptors (Lipinski definition) is 5. The maximum atomic E-state index is 12.4. The number of ether oxygens (including phenoxy) is 2. The van der Waals surface area contributed by atoms with E-state index in [0.29, 0.717) is 19.1 Å². The molecule has 3 N–H and O–H groups in total. The molecule has 7 heteroatoms. The predicted octanol–water partition coefficient (Wildman–Crippen LogP) is 1.30. The Hall–Kier alpha value is -1.44. The summed E-state index contributed by atoms with van der Waals surface area (Å²) >= 11 is 0. The third-order valence-electron chi connectivity index (χ3n) is 6.06. The first-order valence-electron chi connectivity index (χ1n) is 10.7. The largest absolute Gasteiger partial charge is 0.394 e. The first kappa shape index (κ1) is 21.3. The molecule has 0 unspecified atom stereocenters. The summed E-state index contributed by atoms with van der Waals surface area (Å²) in [6.07, 6.45) is 10.6. The van der Waals surface area contributed by atoms with E-state index in [9.17, 15) is 14.7 Å². The average molecular weight is 395 g/mol. The molecule has 3 rings (SSSR count). The highest BCUT2D eigenvalue weighted by Crippen LogP contribution is 2.23. The van der Waals surface area contributed by atoms with E-state index in [-0.39, 0.29) is 42.9 Å². The van der Waals surface area contributed by atoms with Crippen molar-refractivity contribution >= 4 is 11.8 Å². The number of aliphatic hydroxyl groups excluding tert-OH is 1. The van der Waals surface area contributed by atoms with Crippen molar-refractivity contribution in [1.29, 1.82) is 0 Å². The van der Waals surface area contributed by atoms with Crippen LogP contribution < -0.4 is 10.6 Å². The van der Waals surface area contributed by atoms with Crippen molar-refractivity contribution < 1.29 is 24.2 Å². The Morgan fingerprint density at radius 3 is 2.50 bits per heavy atom. The minimum Gasteiger partial charge on any atom is -0.394 e. The van der Waals surface area contributed by atoms with Gasteiger partial charge in [-0.1, -0.05) is 31.4 Å². The van der Waals surface area contributed by atoms with Gasteiger partial charge in [0, 0.05) is 25.7 Å². The number of hydrogen-bond donors (Lipinski definition) is 3. The molecule has 0 radical (unpaired) electrons. The predicted molar refractivity (Wildman–Crippen MR) is 105 cm³/mol. The van der Waals surface area contributed by atoms with E-state index in [2.05, 4.69) is 10.6 Å². The van der Waals surface area contributed by atoms with Crippen molar-refractivity contribution in [3.63, 3.8) is 0 Å². The van der Waals surface area contributed by atoms with Crippen LogP contribution in [0.4, 0.5) is 0 Å². The fourth-order valence-electron chi connectivity index (χ4n) is 4.28. The zero-order valence-corrected chi connectivity index (χ0v) is 16.6. The van der Waals surface area contributed by atoms with Gasteiger partial charge in [-0.25, -0.2) is 0 Å². The van der Waals surface area contributed by atoms with Gasteiger partial charge in [0.1, 0.15) is 6.10 Å². The Kier molecular flexibility index (Phi) is 8.30. The van der Waals surface area contributed by atoms with Gasteiger partial charge in [-0.05, 0) is 31.6 Å². The van der Waals surface area contributed by atoms with Gasteiger partial charge >= 0.3 is 0 Å². The van der Waals surface area contributed by atoms with Gasteiger partial charge in [-0.15, -0.1) is 0 Å². The summed E-state index contributed by atoms with van der Waals surface area (Å²) in [6.45, 7) is 1.75. The van der Waals surface area contributed by atoms with Crippen molar-refractivity contribution in [2.24, 2.45) is 11.8 Å². The van der Waals surface area contributed by atoms with Crippen LogP contribution >= 0.6 is 0 Å². The Morgan fingerprint density at radius 2 is 1.79 bits per heavy atom. The van der Waals surface area contributed by atoms with E-state index in [1.807, 2.05) is 12.2 Å². The highest BCUT2D eigenvalue weighted by Gasteiger charge is 2.31. The van der Waals surface area contributed by atoms with Crippen molar-refractivity contribution in [1.82, 2.24) is 10.6 Å². The molecule has 1 saturated heterocycles. The molecule has 28 heavy (non-hydrogen) atoms. The first-order chi connectivity index (χ1) is 13.7. The topological polar surface area (TPSA) is 96.9 Å². The van der Waals surface area contributed by atoms with E-state index in [1.165, 1.54) is 32.1 Å². The third-order valence-corrected chi connectivity index (χ3v) is 6.06. The summed E-state index contributed by atoms with van der Waals surface area (Å²) in [5.41, 5.74) is 0. The van der Waals surface area contributed by atoms with Crippen LogP contribution in [0.25, 0.3) is 0 Å². The summed E-state index contributed by atoms with van der Waals surface area (Å²) in [6, 6.07) is -0.373. The first-order valence-corrected chi connectivity index (χ1v) is 10.7. The van der Waals surface area contributed by atoms with E-state index in [4.69, 9.17) is 9.47 Å². The molecule has 0 bridgehead atoms. The second-order valence-corrected chi connectivity index (χ2v) is 8.21. The third kappa shape index (κ3) is 6.29. The summed E-state index contributed by atoms with van der Waals surface area (Å²) in [7, 11) is 0. The highest BCUT2D eigenvalue weighted by molar-refractivity contribution is 5.79. The Morgan fingerprint density at radius 1 is 1.04 bits per heavy atom. The molecular weight excluding hydrogens is 360 g/mol. The van der Waals surface area contributed by atoms with Crippen LogP contribution in [0, 0.1) is 11.8 Å². The van der Waals surface area contributed by atoms with Crippen LogP contribution in [-0.2, 0) is 19.1 Å². The molecule has 0 aromatic carbocycles. The van der Waals surface area contributed by atoms with Crippen molar-refractivity contribution in [2.45, 2.75) is 69.6 Å². The zero-order valence-electron chi connectivity index (χ0n) is 16.6. The lowest BCUT2D eigenvalue weighted by Gasteiger charge is -2.33. The van der Waals surface area contributed by atoms with Crippen molar-refractivity contribution in [2.75, 3.05) is 26.4 Å². The Balaban J connectivity index is 1.44. The summed E-state index contributed by atoms with van der Waals surface area (Å²) in [5.74, 6) is 0.491. The van der Waals surface area contributed by atoms with E-state index >= 15 is 0 Å². The fourth-order valence-corrected chi connectivity index (χ4v) is 4.28. The second kappa shape index (κ2) is 10.9. The molecule has 1 aliphatic carbocycles. The van der Waals surface area contributed by atoms with E-state index < -0.39 is 6.10 Å². The number of nitrogens with one attached hydrogen (secondary N) is 2. The minimum atomic E-state index is -0.537. The fraction of sp³-hybridized carbons (Fsp3) is 0.810. The maximum absolute atomic E-state index is 12.4. The van der Waals surface area contributed by atoms with Crippen LogP contribution in [0.15, 0.2) is 12.2 Å². The summed E-state index contributed by atoms with van der Waals surface area (Å²) < 4.78 is 11.2. The zero-order chi connectivity index (χ0) is 19.8. The summed E-state index contributed by atoms with van der Waals surface area (Å²) in [5, 5.41) is 15.7. The molecular formula is C21H34N2O5. The number of amides is 2. The highest BCUT2D eigenvalue weighted by atomic mass is 16.5. The van der Waals surface area contributed by atoms with Gasteiger partial charge in [0.25, 0.3) is 0 Å². The molecule has 0 aromatic heterocycles. The maximum Gasteiger partial charge on any atom is 0.223 e. The van der Waals surface area contributed by atoms with E-state index in [0.717, 1.165) is 19.4 Å². The number of aliphatic hydroxyl groups is 1. The molecule has 2 amide bonds.